The maximum Gasteiger partial charge on any atom is 0.0902 e. The van der Waals surface area contributed by atoms with Gasteiger partial charge in [0.1, 0.15) is 0 Å². The van der Waals surface area contributed by atoms with Gasteiger partial charge in [-0.2, -0.15) is 0 Å². The minimum absolute atomic E-state index is 0.0116. The predicted molar refractivity (Wildman–Crippen MR) is 163 cm³/mol. The van der Waals surface area contributed by atoms with Crippen molar-refractivity contribution in [2.75, 3.05) is 0 Å². The average molecular weight is 504 g/mol. The number of thiophene rings is 1. The normalized spacial score (nSPS) is 13.7. The van der Waals surface area contributed by atoms with E-state index in [1.807, 2.05) is 11.3 Å². The zero-order valence-corrected chi connectivity index (χ0v) is 22.1. The van der Waals surface area contributed by atoms with Gasteiger partial charge in [-0.25, -0.2) is 4.98 Å². The third-order valence-corrected chi connectivity index (χ3v) is 9.47. The topological polar surface area (TPSA) is 12.9 Å². The molecule has 0 atom stereocenters. The van der Waals surface area contributed by atoms with Crippen molar-refractivity contribution in [1.82, 2.24) is 4.98 Å². The van der Waals surface area contributed by atoms with Crippen molar-refractivity contribution in [3.05, 3.63) is 126 Å². The van der Waals surface area contributed by atoms with Crippen molar-refractivity contribution in [1.29, 1.82) is 0 Å². The van der Waals surface area contributed by atoms with Crippen molar-refractivity contribution in [3.8, 4) is 33.5 Å². The largest absolute Gasteiger partial charge is 0.246 e. The van der Waals surface area contributed by atoms with Crippen LogP contribution in [0.5, 0.6) is 0 Å². The third-order valence-electron chi connectivity index (χ3n) is 8.27. The molecule has 0 aliphatic heterocycles. The molecule has 0 fully saturated rings. The lowest BCUT2D eigenvalue weighted by atomic mass is 9.81. The van der Waals surface area contributed by atoms with E-state index < -0.39 is 0 Å². The predicted octanol–water partition coefficient (Wildman–Crippen LogP) is 10.2. The van der Waals surface area contributed by atoms with E-state index in [1.165, 1.54) is 58.9 Å². The van der Waals surface area contributed by atoms with Crippen LogP contribution in [0.25, 0.3) is 64.6 Å². The molecule has 0 bridgehead atoms. The van der Waals surface area contributed by atoms with Crippen LogP contribution in [-0.4, -0.2) is 4.98 Å². The summed E-state index contributed by atoms with van der Waals surface area (Å²) in [6.45, 7) is 4.68. The highest BCUT2D eigenvalue weighted by molar-refractivity contribution is 7.26. The molecule has 7 aromatic rings. The van der Waals surface area contributed by atoms with Gasteiger partial charge < -0.3 is 0 Å². The highest BCUT2D eigenvalue weighted by Crippen LogP contribution is 2.49. The van der Waals surface area contributed by atoms with Gasteiger partial charge >= 0.3 is 0 Å². The van der Waals surface area contributed by atoms with E-state index in [-0.39, 0.29) is 5.41 Å². The lowest BCUT2D eigenvalue weighted by Crippen LogP contribution is -2.14. The van der Waals surface area contributed by atoms with Gasteiger partial charge in [-0.15, -0.1) is 11.3 Å². The van der Waals surface area contributed by atoms with Crippen molar-refractivity contribution in [3.63, 3.8) is 0 Å². The molecule has 5 aromatic carbocycles. The van der Waals surface area contributed by atoms with Crippen molar-refractivity contribution in [2.24, 2.45) is 0 Å². The molecule has 0 saturated carbocycles. The minimum Gasteiger partial charge on any atom is -0.246 e. The first-order chi connectivity index (χ1) is 18.6. The zero-order chi connectivity index (χ0) is 25.4. The number of benzene rings is 5. The maximum absolute atomic E-state index is 5.31. The molecule has 0 amide bonds. The number of hydrogen-bond donors (Lipinski definition) is 0. The number of pyridine rings is 1. The van der Waals surface area contributed by atoms with E-state index in [1.54, 1.807) is 0 Å². The fourth-order valence-corrected chi connectivity index (χ4v) is 7.52. The molecule has 0 radical (unpaired) electrons. The third kappa shape index (κ3) is 3.01. The second kappa shape index (κ2) is 7.86. The molecule has 2 heterocycles. The smallest absolute Gasteiger partial charge is 0.0902 e. The van der Waals surface area contributed by atoms with Crippen LogP contribution in [0, 0.1) is 0 Å². The number of aromatic nitrogens is 1. The van der Waals surface area contributed by atoms with Crippen LogP contribution in [-0.2, 0) is 5.41 Å². The number of rotatable bonds is 2. The lowest BCUT2D eigenvalue weighted by Gasteiger charge is -2.22. The molecule has 0 saturated heterocycles. The lowest BCUT2D eigenvalue weighted by molar-refractivity contribution is 0.660. The van der Waals surface area contributed by atoms with Gasteiger partial charge in [-0.1, -0.05) is 111 Å². The second-order valence-corrected chi connectivity index (χ2v) is 11.8. The molecule has 0 unspecified atom stereocenters. The van der Waals surface area contributed by atoms with Crippen LogP contribution in [0.1, 0.15) is 25.0 Å². The highest BCUT2D eigenvalue weighted by Gasteiger charge is 2.35. The molecule has 1 aliphatic rings. The Bertz CT molecular complexity index is 2060. The Morgan fingerprint density at radius 2 is 1.24 bits per heavy atom. The monoisotopic (exact) mass is 503 g/mol. The summed E-state index contributed by atoms with van der Waals surface area (Å²) in [5.41, 5.74) is 11.3. The first kappa shape index (κ1) is 21.8. The Morgan fingerprint density at radius 3 is 2.13 bits per heavy atom. The summed E-state index contributed by atoms with van der Waals surface area (Å²) in [6.07, 6.45) is 0. The maximum atomic E-state index is 5.31. The van der Waals surface area contributed by atoms with Gasteiger partial charge in [-0.05, 0) is 51.6 Å². The summed E-state index contributed by atoms with van der Waals surface area (Å²) in [4.78, 5) is 5.31. The molecule has 0 N–H and O–H groups in total. The van der Waals surface area contributed by atoms with Gasteiger partial charge in [0.05, 0.1) is 15.9 Å². The fraction of sp³-hybridized carbons (Fsp3) is 0.0833. The fourth-order valence-electron chi connectivity index (χ4n) is 6.34. The first-order valence-electron chi connectivity index (χ1n) is 13.1. The van der Waals surface area contributed by atoms with E-state index in [0.717, 1.165) is 16.8 Å². The van der Waals surface area contributed by atoms with Gasteiger partial charge in [-0.3, -0.25) is 0 Å². The van der Waals surface area contributed by atoms with Crippen LogP contribution >= 0.6 is 11.3 Å². The molecule has 180 valence electrons. The Hall–Kier alpha value is -4.27. The van der Waals surface area contributed by atoms with Gasteiger partial charge in [0.2, 0.25) is 0 Å². The molecule has 2 aromatic heterocycles. The summed E-state index contributed by atoms with van der Waals surface area (Å²) >= 11 is 1.84. The summed E-state index contributed by atoms with van der Waals surface area (Å²) < 4.78 is 2.55. The van der Waals surface area contributed by atoms with Crippen LogP contribution < -0.4 is 0 Å². The summed E-state index contributed by atoms with van der Waals surface area (Å²) in [5, 5.41) is 3.71. The van der Waals surface area contributed by atoms with Crippen LogP contribution in [0.4, 0.5) is 0 Å². The molecule has 8 rings (SSSR count). The van der Waals surface area contributed by atoms with Crippen LogP contribution in [0.2, 0.25) is 0 Å². The Labute approximate surface area is 226 Å². The number of hydrogen-bond acceptors (Lipinski definition) is 2. The van der Waals surface area contributed by atoms with E-state index in [2.05, 4.69) is 129 Å². The van der Waals surface area contributed by atoms with Crippen molar-refractivity contribution in [2.45, 2.75) is 19.3 Å². The van der Waals surface area contributed by atoms with Crippen molar-refractivity contribution < 1.29 is 0 Å². The molecule has 38 heavy (non-hydrogen) atoms. The van der Waals surface area contributed by atoms with Crippen molar-refractivity contribution >= 4 is 42.4 Å². The van der Waals surface area contributed by atoms with Crippen LogP contribution in [0.15, 0.2) is 115 Å². The standard InChI is InChI=1S/C36H25NS/c1-36(2)30-16-7-5-12-25(30)26-19-18-23(21-31(26)36)22-10-9-11-24(20-22)33-27-13-3-4-14-28(27)35-34(37-33)29-15-6-8-17-32(29)38-35/h3-21H,1-2H3. The summed E-state index contributed by atoms with van der Waals surface area (Å²) in [5.74, 6) is 0. The number of nitrogens with zero attached hydrogens (tertiary/aromatic N) is 1. The second-order valence-electron chi connectivity index (χ2n) is 10.8. The van der Waals surface area contributed by atoms with Gasteiger partial charge in [0.25, 0.3) is 0 Å². The molecule has 0 spiro atoms. The zero-order valence-electron chi connectivity index (χ0n) is 21.3. The Balaban J connectivity index is 1.32. The summed E-state index contributed by atoms with van der Waals surface area (Å²) in [6, 6.07) is 42.0. The SMILES string of the molecule is CC1(C)c2ccccc2-c2ccc(-c3cccc(-c4nc5c6ccccc6sc5c5ccccc45)c3)cc21. The molecular weight excluding hydrogens is 478 g/mol. The molecule has 1 aliphatic carbocycles. The van der Waals surface area contributed by atoms with E-state index in [4.69, 9.17) is 4.98 Å². The molecular formula is C36H25NS. The summed E-state index contributed by atoms with van der Waals surface area (Å²) in [7, 11) is 0. The minimum atomic E-state index is -0.0116. The first-order valence-corrected chi connectivity index (χ1v) is 14.0. The highest BCUT2D eigenvalue weighted by atomic mass is 32.1. The Morgan fingerprint density at radius 1 is 0.553 bits per heavy atom. The van der Waals surface area contributed by atoms with Crippen LogP contribution in [0.3, 0.4) is 0 Å². The van der Waals surface area contributed by atoms with Gasteiger partial charge in [0, 0.05) is 31.8 Å². The quantitative estimate of drug-likeness (QED) is 0.229. The van der Waals surface area contributed by atoms with E-state index in [9.17, 15) is 0 Å². The molecule has 2 heteroatoms. The van der Waals surface area contributed by atoms with Gasteiger partial charge in [0.15, 0.2) is 0 Å². The Kier molecular flexibility index (Phi) is 4.51. The molecule has 1 nitrogen and oxygen atoms in total. The average Bonchev–Trinajstić information content (AvgIpc) is 3.45. The van der Waals surface area contributed by atoms with E-state index >= 15 is 0 Å². The van der Waals surface area contributed by atoms with E-state index in [0.29, 0.717) is 0 Å². The number of fused-ring (bicyclic) bond motifs is 8.